The molecule has 0 saturated carbocycles. The van der Waals surface area contributed by atoms with Crippen molar-refractivity contribution in [1.82, 2.24) is 5.32 Å². The maximum Gasteiger partial charge on any atom is 0.340 e. The molecule has 6 nitrogen and oxygen atoms in total. The highest BCUT2D eigenvalue weighted by atomic mass is 16.5. The number of urea groups is 1. The number of aryl methyl sites for hydroxylation is 1. The van der Waals surface area contributed by atoms with Crippen LogP contribution in [0.15, 0.2) is 12.1 Å². The molecule has 19 heavy (non-hydrogen) atoms. The summed E-state index contributed by atoms with van der Waals surface area (Å²) in [5.74, 6) is -0.516. The van der Waals surface area contributed by atoms with Crippen molar-refractivity contribution < 1.29 is 14.3 Å². The van der Waals surface area contributed by atoms with Gasteiger partial charge in [0.05, 0.1) is 18.4 Å². The Kier molecular flexibility index (Phi) is 4.74. The lowest BCUT2D eigenvalue weighted by molar-refractivity contribution is 0.0601. The number of nitrogen functional groups attached to an aromatic ring is 1. The quantitative estimate of drug-likeness (QED) is 0.574. The molecule has 6 heteroatoms. The predicted octanol–water partition coefficient (Wildman–Crippen LogP) is 1.89. The Morgan fingerprint density at radius 3 is 2.47 bits per heavy atom. The number of ether oxygens (including phenoxy) is 1. The summed E-state index contributed by atoms with van der Waals surface area (Å²) in [6.45, 7) is 5.41. The van der Waals surface area contributed by atoms with E-state index in [1.807, 2.05) is 13.8 Å². The molecule has 0 aliphatic heterocycles. The average molecular weight is 265 g/mol. The van der Waals surface area contributed by atoms with Crippen LogP contribution in [0.25, 0.3) is 0 Å². The molecule has 1 rings (SSSR count). The summed E-state index contributed by atoms with van der Waals surface area (Å²) >= 11 is 0. The number of carbonyl (C=O) groups excluding carboxylic acids is 2. The van der Waals surface area contributed by atoms with Crippen LogP contribution in [0.5, 0.6) is 0 Å². The van der Waals surface area contributed by atoms with Gasteiger partial charge in [0.1, 0.15) is 0 Å². The molecule has 0 aliphatic carbocycles. The number of nitrogens with one attached hydrogen (secondary N) is 2. The van der Waals surface area contributed by atoms with Gasteiger partial charge >= 0.3 is 12.0 Å². The van der Waals surface area contributed by atoms with E-state index in [2.05, 4.69) is 10.6 Å². The van der Waals surface area contributed by atoms with Gasteiger partial charge in [0.2, 0.25) is 0 Å². The minimum atomic E-state index is -0.516. The highest BCUT2D eigenvalue weighted by Crippen LogP contribution is 2.24. The molecule has 1 aromatic carbocycles. The average Bonchev–Trinajstić information content (AvgIpc) is 2.26. The summed E-state index contributed by atoms with van der Waals surface area (Å²) < 4.78 is 4.71. The van der Waals surface area contributed by atoms with Crippen LogP contribution in [-0.4, -0.2) is 25.2 Å². The van der Waals surface area contributed by atoms with Gasteiger partial charge in [0.25, 0.3) is 0 Å². The molecular formula is C13H19N3O3. The Morgan fingerprint density at radius 1 is 1.32 bits per heavy atom. The topological polar surface area (TPSA) is 93.4 Å². The molecule has 0 aliphatic rings. The van der Waals surface area contributed by atoms with E-state index < -0.39 is 12.0 Å². The van der Waals surface area contributed by atoms with Crippen molar-refractivity contribution in [2.45, 2.75) is 26.8 Å². The summed E-state index contributed by atoms with van der Waals surface area (Å²) in [4.78, 5) is 23.4. The van der Waals surface area contributed by atoms with Crippen LogP contribution in [0.2, 0.25) is 0 Å². The fourth-order valence-electron chi connectivity index (χ4n) is 1.71. The molecule has 2 amide bonds. The number of esters is 1. The molecule has 0 unspecified atom stereocenters. The Morgan fingerprint density at radius 2 is 1.95 bits per heavy atom. The van der Waals surface area contributed by atoms with E-state index in [0.717, 1.165) is 0 Å². The van der Waals surface area contributed by atoms with Gasteiger partial charge in [-0.1, -0.05) is 0 Å². The third-order valence-electron chi connectivity index (χ3n) is 2.42. The molecule has 104 valence electrons. The maximum atomic E-state index is 11.7. The molecule has 4 N–H and O–H groups in total. The van der Waals surface area contributed by atoms with Gasteiger partial charge in [-0.25, -0.2) is 9.59 Å². The van der Waals surface area contributed by atoms with E-state index in [-0.39, 0.29) is 6.04 Å². The molecule has 0 radical (unpaired) electrons. The minimum Gasteiger partial charge on any atom is -0.465 e. The zero-order valence-corrected chi connectivity index (χ0v) is 11.5. The molecule has 0 spiro atoms. The van der Waals surface area contributed by atoms with Crippen molar-refractivity contribution in [2.75, 3.05) is 18.2 Å². The standard InChI is InChI=1S/C13H19N3O3/c1-7(2)15-13(18)16-10-6-9(14)5-8(3)11(10)12(17)19-4/h5-7H,14H2,1-4H3,(H2,15,16,18). The first-order valence-corrected chi connectivity index (χ1v) is 5.91. The molecule has 0 fully saturated rings. The van der Waals surface area contributed by atoms with Crippen LogP contribution in [0.1, 0.15) is 29.8 Å². The predicted molar refractivity (Wildman–Crippen MR) is 74.2 cm³/mol. The van der Waals surface area contributed by atoms with Crippen LogP contribution in [0.4, 0.5) is 16.2 Å². The summed E-state index contributed by atoms with van der Waals surface area (Å²) in [6.07, 6.45) is 0. The Bertz CT molecular complexity index is 498. The summed E-state index contributed by atoms with van der Waals surface area (Å²) in [5, 5.41) is 5.28. The van der Waals surface area contributed by atoms with Gasteiger partial charge in [-0.3, -0.25) is 0 Å². The first kappa shape index (κ1) is 14.8. The van der Waals surface area contributed by atoms with E-state index in [9.17, 15) is 9.59 Å². The van der Waals surface area contributed by atoms with Crippen molar-refractivity contribution in [1.29, 1.82) is 0 Å². The largest absolute Gasteiger partial charge is 0.465 e. The molecule has 0 bridgehead atoms. The molecule has 0 heterocycles. The Hall–Kier alpha value is -2.24. The maximum absolute atomic E-state index is 11.7. The third-order valence-corrected chi connectivity index (χ3v) is 2.42. The summed E-state index contributed by atoms with van der Waals surface area (Å²) in [7, 11) is 1.29. The Balaban J connectivity index is 3.11. The van der Waals surface area contributed by atoms with Gasteiger partial charge < -0.3 is 21.1 Å². The highest BCUT2D eigenvalue weighted by Gasteiger charge is 2.17. The molecule has 1 aromatic rings. The van der Waals surface area contributed by atoms with Gasteiger partial charge in [-0.05, 0) is 38.5 Å². The van der Waals surface area contributed by atoms with Crippen LogP contribution in [-0.2, 0) is 4.74 Å². The Labute approximate surface area is 112 Å². The van der Waals surface area contributed by atoms with Gasteiger partial charge in [-0.15, -0.1) is 0 Å². The van der Waals surface area contributed by atoms with E-state index in [1.165, 1.54) is 13.2 Å². The number of carbonyl (C=O) groups is 2. The molecular weight excluding hydrogens is 246 g/mol. The summed E-state index contributed by atoms with van der Waals surface area (Å²) in [6, 6.07) is 2.77. The zero-order chi connectivity index (χ0) is 14.6. The molecule has 0 saturated heterocycles. The number of benzene rings is 1. The number of nitrogens with two attached hydrogens (primary N) is 1. The van der Waals surface area contributed by atoms with E-state index in [0.29, 0.717) is 22.5 Å². The second-order valence-corrected chi connectivity index (χ2v) is 4.51. The zero-order valence-electron chi connectivity index (χ0n) is 11.5. The van der Waals surface area contributed by atoms with Gasteiger partial charge in [0, 0.05) is 11.7 Å². The van der Waals surface area contributed by atoms with E-state index >= 15 is 0 Å². The van der Waals surface area contributed by atoms with Crippen molar-refractivity contribution in [3.8, 4) is 0 Å². The third kappa shape index (κ3) is 3.87. The fourth-order valence-corrected chi connectivity index (χ4v) is 1.71. The number of hydrogen-bond donors (Lipinski definition) is 3. The van der Waals surface area contributed by atoms with Crippen LogP contribution >= 0.6 is 0 Å². The number of anilines is 2. The number of methoxy groups -OCH3 is 1. The smallest absolute Gasteiger partial charge is 0.340 e. The summed E-state index contributed by atoms with van der Waals surface area (Å²) in [5.41, 5.74) is 7.47. The van der Waals surface area contributed by atoms with Crippen LogP contribution in [0, 0.1) is 6.92 Å². The van der Waals surface area contributed by atoms with Crippen LogP contribution in [0.3, 0.4) is 0 Å². The van der Waals surface area contributed by atoms with Crippen molar-refractivity contribution in [3.63, 3.8) is 0 Å². The lowest BCUT2D eigenvalue weighted by Crippen LogP contribution is -2.34. The van der Waals surface area contributed by atoms with E-state index in [1.54, 1.807) is 13.0 Å². The van der Waals surface area contributed by atoms with Crippen LogP contribution < -0.4 is 16.4 Å². The normalized spacial score (nSPS) is 10.2. The van der Waals surface area contributed by atoms with Gasteiger partial charge in [-0.2, -0.15) is 0 Å². The van der Waals surface area contributed by atoms with Crippen molar-refractivity contribution >= 4 is 23.4 Å². The van der Waals surface area contributed by atoms with Crippen molar-refractivity contribution in [2.24, 2.45) is 0 Å². The monoisotopic (exact) mass is 265 g/mol. The molecule has 0 atom stereocenters. The minimum absolute atomic E-state index is 0.0104. The number of hydrogen-bond acceptors (Lipinski definition) is 4. The fraction of sp³-hybridized carbons (Fsp3) is 0.385. The first-order chi connectivity index (χ1) is 8.85. The second-order valence-electron chi connectivity index (χ2n) is 4.51. The van der Waals surface area contributed by atoms with E-state index in [4.69, 9.17) is 10.5 Å². The second kappa shape index (κ2) is 6.08. The lowest BCUT2D eigenvalue weighted by atomic mass is 10.1. The molecule has 0 aromatic heterocycles. The highest BCUT2D eigenvalue weighted by molar-refractivity contribution is 6.02. The number of amides is 2. The SMILES string of the molecule is COC(=O)c1c(C)cc(N)cc1NC(=O)NC(C)C. The van der Waals surface area contributed by atoms with Crippen molar-refractivity contribution in [3.05, 3.63) is 23.3 Å². The number of rotatable bonds is 3. The van der Waals surface area contributed by atoms with Gasteiger partial charge in [0.15, 0.2) is 0 Å². The first-order valence-electron chi connectivity index (χ1n) is 5.91. The lowest BCUT2D eigenvalue weighted by Gasteiger charge is -2.15.